The second-order valence-corrected chi connectivity index (χ2v) is 4.67. The van der Waals surface area contributed by atoms with E-state index in [9.17, 15) is 22.8 Å². The highest BCUT2D eigenvalue weighted by atomic mass is 19.4. The number of carbonyl (C=O) groups excluding carboxylic acids is 2. The number of halogens is 3. The van der Waals surface area contributed by atoms with Crippen molar-refractivity contribution in [2.45, 2.75) is 26.9 Å². The van der Waals surface area contributed by atoms with Crippen molar-refractivity contribution >= 4 is 11.8 Å². The Balaban J connectivity index is 2.93. The van der Waals surface area contributed by atoms with Crippen LogP contribution in [0.4, 0.5) is 13.2 Å². The van der Waals surface area contributed by atoms with Crippen molar-refractivity contribution in [3.8, 4) is 0 Å². The lowest BCUT2D eigenvalue weighted by Crippen LogP contribution is -2.24. The van der Waals surface area contributed by atoms with Crippen molar-refractivity contribution < 1.29 is 22.8 Å². The smallest absolute Gasteiger partial charge is 0.277 e. The molecule has 102 valence electrons. The number of imide groups is 1. The van der Waals surface area contributed by atoms with Crippen molar-refractivity contribution in [3.05, 3.63) is 33.4 Å². The minimum Gasteiger partial charge on any atom is -0.277 e. The Bertz CT molecular complexity index is 618. The zero-order valence-corrected chi connectivity index (χ0v) is 10.9. The summed E-state index contributed by atoms with van der Waals surface area (Å²) in [7, 11) is 1.27. The van der Waals surface area contributed by atoms with Crippen molar-refractivity contribution in [2.75, 3.05) is 7.05 Å². The minimum atomic E-state index is -4.54. The first-order valence-electron chi connectivity index (χ1n) is 5.62. The number of amides is 2. The number of hydrogen-bond donors (Lipinski definition) is 0. The van der Waals surface area contributed by atoms with Crippen LogP contribution in [0, 0.1) is 20.8 Å². The summed E-state index contributed by atoms with van der Waals surface area (Å²) < 4.78 is 39.2. The molecule has 0 aromatic heterocycles. The molecular formula is C13H12F3NO2. The Labute approximate surface area is 108 Å². The second kappa shape index (κ2) is 3.82. The number of rotatable bonds is 0. The van der Waals surface area contributed by atoms with Crippen LogP contribution in [0.1, 0.15) is 43.0 Å². The van der Waals surface area contributed by atoms with Gasteiger partial charge < -0.3 is 0 Å². The van der Waals surface area contributed by atoms with E-state index in [2.05, 4.69) is 0 Å². The van der Waals surface area contributed by atoms with Gasteiger partial charge in [-0.15, -0.1) is 0 Å². The molecule has 6 heteroatoms. The molecule has 2 amide bonds. The summed E-state index contributed by atoms with van der Waals surface area (Å²) in [6.07, 6.45) is -4.54. The lowest BCUT2D eigenvalue weighted by atomic mass is 9.89. The monoisotopic (exact) mass is 271 g/mol. The molecule has 0 radical (unpaired) electrons. The summed E-state index contributed by atoms with van der Waals surface area (Å²) in [6, 6.07) is 0. The van der Waals surface area contributed by atoms with Crippen molar-refractivity contribution in [1.82, 2.24) is 4.90 Å². The van der Waals surface area contributed by atoms with Gasteiger partial charge in [0.2, 0.25) is 0 Å². The summed E-state index contributed by atoms with van der Waals surface area (Å²) >= 11 is 0. The molecule has 0 spiro atoms. The average molecular weight is 271 g/mol. The fourth-order valence-corrected chi connectivity index (χ4v) is 2.54. The molecule has 1 aromatic carbocycles. The fourth-order valence-electron chi connectivity index (χ4n) is 2.54. The molecule has 2 rings (SSSR count). The first-order chi connectivity index (χ1) is 8.59. The molecule has 3 nitrogen and oxygen atoms in total. The predicted molar refractivity (Wildman–Crippen MR) is 62.1 cm³/mol. The number of alkyl halides is 3. The van der Waals surface area contributed by atoms with Crippen molar-refractivity contribution in [1.29, 1.82) is 0 Å². The fraction of sp³-hybridized carbons (Fsp3) is 0.385. The third-order valence-corrected chi connectivity index (χ3v) is 3.63. The van der Waals surface area contributed by atoms with Crippen LogP contribution in [0.5, 0.6) is 0 Å². The number of benzene rings is 1. The van der Waals surface area contributed by atoms with Gasteiger partial charge in [-0.2, -0.15) is 13.2 Å². The molecule has 1 aliphatic rings. The predicted octanol–water partition coefficient (Wildman–Crippen LogP) is 2.86. The zero-order chi connectivity index (χ0) is 14.7. The van der Waals surface area contributed by atoms with Gasteiger partial charge in [-0.1, -0.05) is 0 Å². The Morgan fingerprint density at radius 3 is 1.68 bits per heavy atom. The lowest BCUT2D eigenvalue weighted by Gasteiger charge is -2.18. The van der Waals surface area contributed by atoms with E-state index in [1.807, 2.05) is 0 Å². The highest BCUT2D eigenvalue weighted by Gasteiger charge is 2.43. The molecule has 0 saturated carbocycles. The van der Waals surface area contributed by atoms with E-state index in [4.69, 9.17) is 0 Å². The van der Waals surface area contributed by atoms with Gasteiger partial charge in [0, 0.05) is 7.05 Å². The first kappa shape index (κ1) is 13.6. The van der Waals surface area contributed by atoms with Gasteiger partial charge in [-0.3, -0.25) is 14.5 Å². The van der Waals surface area contributed by atoms with Crippen LogP contribution in [0.3, 0.4) is 0 Å². The maximum Gasteiger partial charge on any atom is 0.416 e. The van der Waals surface area contributed by atoms with Crippen molar-refractivity contribution in [2.24, 2.45) is 0 Å². The van der Waals surface area contributed by atoms with Crippen LogP contribution in [-0.4, -0.2) is 23.8 Å². The molecule has 19 heavy (non-hydrogen) atoms. The minimum absolute atomic E-state index is 0.000185. The molecule has 0 bridgehead atoms. The summed E-state index contributed by atoms with van der Waals surface area (Å²) in [5.74, 6) is -1.22. The van der Waals surface area contributed by atoms with E-state index in [1.165, 1.54) is 27.8 Å². The highest BCUT2D eigenvalue weighted by Crippen LogP contribution is 2.41. The van der Waals surface area contributed by atoms with Gasteiger partial charge in [0.1, 0.15) is 0 Å². The molecule has 1 aromatic rings. The van der Waals surface area contributed by atoms with Crippen LogP contribution in [0.15, 0.2) is 0 Å². The average Bonchev–Trinajstić information content (AvgIpc) is 2.49. The molecular weight excluding hydrogens is 259 g/mol. The van der Waals surface area contributed by atoms with Gasteiger partial charge in [-0.05, 0) is 37.5 Å². The summed E-state index contributed by atoms with van der Waals surface area (Å²) in [4.78, 5) is 24.7. The normalized spacial score (nSPS) is 15.2. The van der Waals surface area contributed by atoms with Crippen LogP contribution >= 0.6 is 0 Å². The number of carbonyl (C=O) groups is 2. The van der Waals surface area contributed by atoms with Gasteiger partial charge in [0.15, 0.2) is 0 Å². The van der Waals surface area contributed by atoms with E-state index in [0.717, 1.165) is 4.90 Å². The number of fused-ring (bicyclic) bond motifs is 1. The second-order valence-electron chi connectivity index (χ2n) is 4.67. The topological polar surface area (TPSA) is 37.4 Å². The number of hydrogen-bond acceptors (Lipinski definition) is 2. The van der Waals surface area contributed by atoms with E-state index in [0.29, 0.717) is 0 Å². The standard InChI is InChI=1S/C13H12F3NO2/c1-5-6(2)10(13(14,15)16)7(3)9-8(5)11(18)17(4)12(9)19/h1-4H3. The molecule has 0 saturated heterocycles. The van der Waals surface area contributed by atoms with Gasteiger partial charge in [-0.25, -0.2) is 0 Å². The largest absolute Gasteiger partial charge is 0.416 e. The maximum absolute atomic E-state index is 13.1. The van der Waals surface area contributed by atoms with Gasteiger partial charge in [0.05, 0.1) is 16.7 Å². The summed E-state index contributed by atoms with van der Waals surface area (Å²) in [5, 5.41) is 0. The van der Waals surface area contributed by atoms with Crippen LogP contribution in [0.2, 0.25) is 0 Å². The molecule has 0 aliphatic carbocycles. The zero-order valence-electron chi connectivity index (χ0n) is 10.9. The van der Waals surface area contributed by atoms with Gasteiger partial charge >= 0.3 is 6.18 Å². The van der Waals surface area contributed by atoms with E-state index in [-0.39, 0.29) is 27.8 Å². The molecule has 0 atom stereocenters. The third-order valence-electron chi connectivity index (χ3n) is 3.63. The Morgan fingerprint density at radius 2 is 1.26 bits per heavy atom. The van der Waals surface area contributed by atoms with E-state index < -0.39 is 23.6 Å². The first-order valence-corrected chi connectivity index (χ1v) is 5.62. The molecule has 0 fully saturated rings. The maximum atomic E-state index is 13.1. The van der Waals surface area contributed by atoms with E-state index in [1.54, 1.807) is 0 Å². The van der Waals surface area contributed by atoms with Crippen LogP contribution < -0.4 is 0 Å². The molecule has 0 N–H and O–H groups in total. The third kappa shape index (κ3) is 1.66. The molecule has 0 unspecified atom stereocenters. The van der Waals surface area contributed by atoms with Crippen LogP contribution in [-0.2, 0) is 6.18 Å². The molecule has 1 heterocycles. The number of nitrogens with zero attached hydrogens (tertiary/aromatic N) is 1. The Morgan fingerprint density at radius 1 is 0.842 bits per heavy atom. The molecule has 1 aliphatic heterocycles. The van der Waals surface area contributed by atoms with Gasteiger partial charge in [0.25, 0.3) is 11.8 Å². The van der Waals surface area contributed by atoms with Crippen molar-refractivity contribution in [3.63, 3.8) is 0 Å². The lowest BCUT2D eigenvalue weighted by molar-refractivity contribution is -0.138. The quantitative estimate of drug-likeness (QED) is 0.680. The SMILES string of the molecule is Cc1c(C)c(C(F)(F)F)c(C)c2c1C(=O)N(C)C2=O. The summed E-state index contributed by atoms with van der Waals surface area (Å²) in [6.45, 7) is 3.99. The Kier molecular flexibility index (Phi) is 2.73. The highest BCUT2D eigenvalue weighted by molar-refractivity contribution is 6.22. The summed E-state index contributed by atoms with van der Waals surface area (Å²) in [5.41, 5.74) is -0.803. The Hall–Kier alpha value is -1.85. The van der Waals surface area contributed by atoms with Crippen LogP contribution in [0.25, 0.3) is 0 Å². The van der Waals surface area contributed by atoms with E-state index >= 15 is 0 Å².